The third kappa shape index (κ3) is 3.46. The van der Waals surface area contributed by atoms with Crippen molar-refractivity contribution in [1.82, 2.24) is 4.90 Å². The Bertz CT molecular complexity index is 614. The average Bonchev–Trinajstić information content (AvgIpc) is 2.49. The smallest absolute Gasteiger partial charge is 0.334 e. The Morgan fingerprint density at radius 2 is 2.29 bits per heavy atom. The number of hydrogen-bond donors (Lipinski definition) is 2. The molecule has 1 aromatic carbocycles. The molecule has 0 spiro atoms. The van der Waals surface area contributed by atoms with Crippen LogP contribution in [-0.2, 0) is 9.53 Å². The number of nitrogens with one attached hydrogen (secondary N) is 1. The molecule has 0 aliphatic carbocycles. The van der Waals surface area contributed by atoms with E-state index in [4.69, 9.17) is 15.1 Å². The second kappa shape index (κ2) is 6.19. The van der Waals surface area contributed by atoms with Crippen LogP contribution in [0.15, 0.2) is 18.2 Å². The van der Waals surface area contributed by atoms with Gasteiger partial charge < -0.3 is 20.1 Å². The lowest BCUT2D eigenvalue weighted by Gasteiger charge is -2.30. The summed E-state index contributed by atoms with van der Waals surface area (Å²) in [6.45, 7) is 0.201. The van der Waals surface area contributed by atoms with E-state index in [2.05, 4.69) is 5.32 Å². The normalized spacial score (nSPS) is 17.9. The molecule has 0 radical (unpaired) electrons. The SMILES string of the molecule is N#Cc1ccc(NC(=O)N2CCOC(C(=O)O)C2)c(F)c1. The van der Waals surface area contributed by atoms with Gasteiger partial charge in [-0.25, -0.2) is 14.0 Å². The van der Waals surface area contributed by atoms with Crippen LogP contribution in [-0.4, -0.2) is 47.8 Å². The number of halogens is 1. The molecule has 1 aromatic rings. The van der Waals surface area contributed by atoms with Crippen LogP contribution in [0.4, 0.5) is 14.9 Å². The summed E-state index contributed by atoms with van der Waals surface area (Å²) in [6.07, 6.45) is -1.09. The van der Waals surface area contributed by atoms with Gasteiger partial charge in [-0.2, -0.15) is 5.26 Å². The van der Waals surface area contributed by atoms with Gasteiger partial charge in [0.1, 0.15) is 5.82 Å². The first-order chi connectivity index (χ1) is 10.0. The number of nitriles is 1. The Labute approximate surface area is 119 Å². The molecule has 1 saturated heterocycles. The summed E-state index contributed by atoms with van der Waals surface area (Å²) in [4.78, 5) is 24.0. The number of anilines is 1. The van der Waals surface area contributed by atoms with Crippen LogP contribution in [0.5, 0.6) is 0 Å². The monoisotopic (exact) mass is 293 g/mol. The number of ether oxygens (including phenoxy) is 1. The van der Waals surface area contributed by atoms with Gasteiger partial charge in [-0.1, -0.05) is 0 Å². The first-order valence-corrected chi connectivity index (χ1v) is 6.11. The number of carboxylic acid groups (broad SMARTS) is 1. The highest BCUT2D eigenvalue weighted by Gasteiger charge is 2.29. The number of rotatable bonds is 2. The minimum atomic E-state index is -1.16. The number of aliphatic carboxylic acids is 1. The van der Waals surface area contributed by atoms with Gasteiger partial charge in [0.05, 0.1) is 30.5 Å². The molecule has 7 nitrogen and oxygen atoms in total. The number of hydrogen-bond acceptors (Lipinski definition) is 4. The van der Waals surface area contributed by atoms with Crippen LogP contribution < -0.4 is 5.32 Å². The van der Waals surface area contributed by atoms with E-state index in [-0.39, 0.29) is 30.9 Å². The molecule has 8 heteroatoms. The molecular weight excluding hydrogens is 281 g/mol. The number of benzene rings is 1. The zero-order valence-electron chi connectivity index (χ0n) is 10.9. The van der Waals surface area contributed by atoms with E-state index in [0.717, 1.165) is 6.07 Å². The fraction of sp³-hybridized carbons (Fsp3) is 0.308. The Morgan fingerprint density at radius 1 is 1.52 bits per heavy atom. The second-order valence-corrected chi connectivity index (χ2v) is 4.38. The Kier molecular flexibility index (Phi) is 4.35. The lowest BCUT2D eigenvalue weighted by Crippen LogP contribution is -2.50. The van der Waals surface area contributed by atoms with Crippen molar-refractivity contribution in [2.24, 2.45) is 0 Å². The summed E-state index contributed by atoms with van der Waals surface area (Å²) in [7, 11) is 0. The van der Waals surface area contributed by atoms with Crippen LogP contribution in [0.2, 0.25) is 0 Å². The van der Waals surface area contributed by atoms with Crippen LogP contribution in [0.1, 0.15) is 5.56 Å². The molecule has 1 aliphatic rings. The summed E-state index contributed by atoms with van der Waals surface area (Å²) in [5.41, 5.74) is 0.0696. The second-order valence-electron chi connectivity index (χ2n) is 4.38. The number of carbonyl (C=O) groups is 2. The van der Waals surface area contributed by atoms with E-state index in [1.807, 2.05) is 0 Å². The van der Waals surface area contributed by atoms with Gasteiger partial charge in [-0.3, -0.25) is 0 Å². The standard InChI is InChI=1S/C13H12FN3O4/c14-9-5-8(6-15)1-2-10(9)16-13(20)17-3-4-21-11(7-17)12(18)19/h1-2,5,11H,3-4,7H2,(H,16,20)(H,18,19). The van der Waals surface area contributed by atoms with E-state index < -0.39 is 23.9 Å². The number of amides is 2. The molecule has 21 heavy (non-hydrogen) atoms. The lowest BCUT2D eigenvalue weighted by atomic mass is 10.2. The highest BCUT2D eigenvalue weighted by atomic mass is 19.1. The topological polar surface area (TPSA) is 103 Å². The fourth-order valence-electron chi connectivity index (χ4n) is 1.86. The predicted molar refractivity (Wildman–Crippen MR) is 69.1 cm³/mol. The maximum atomic E-state index is 13.7. The zero-order valence-corrected chi connectivity index (χ0v) is 10.9. The molecule has 0 bridgehead atoms. The molecule has 0 aromatic heterocycles. The van der Waals surface area contributed by atoms with Crippen molar-refractivity contribution in [3.63, 3.8) is 0 Å². The Morgan fingerprint density at radius 3 is 2.90 bits per heavy atom. The van der Waals surface area contributed by atoms with Crippen molar-refractivity contribution >= 4 is 17.7 Å². The highest BCUT2D eigenvalue weighted by molar-refractivity contribution is 5.90. The summed E-state index contributed by atoms with van der Waals surface area (Å²) < 4.78 is 18.7. The van der Waals surface area contributed by atoms with Crippen LogP contribution in [0, 0.1) is 17.1 Å². The van der Waals surface area contributed by atoms with E-state index in [1.54, 1.807) is 6.07 Å². The van der Waals surface area contributed by atoms with Gasteiger partial charge in [0, 0.05) is 6.54 Å². The molecule has 2 amide bonds. The maximum Gasteiger partial charge on any atom is 0.334 e. The maximum absolute atomic E-state index is 13.7. The van der Waals surface area contributed by atoms with Crippen LogP contribution in [0.25, 0.3) is 0 Å². The summed E-state index contributed by atoms with van der Waals surface area (Å²) in [5.74, 6) is -1.89. The molecule has 0 saturated carbocycles. The lowest BCUT2D eigenvalue weighted by molar-refractivity contribution is -0.154. The Hall–Kier alpha value is -2.66. The Balaban J connectivity index is 2.04. The van der Waals surface area contributed by atoms with Crippen molar-refractivity contribution in [2.75, 3.05) is 25.0 Å². The van der Waals surface area contributed by atoms with Crippen molar-refractivity contribution in [2.45, 2.75) is 6.10 Å². The highest BCUT2D eigenvalue weighted by Crippen LogP contribution is 2.16. The van der Waals surface area contributed by atoms with Gasteiger partial charge in [0.2, 0.25) is 0 Å². The number of urea groups is 1. The summed E-state index contributed by atoms with van der Waals surface area (Å²) in [6, 6.07) is 4.83. The fourth-order valence-corrected chi connectivity index (χ4v) is 1.86. The molecule has 1 heterocycles. The van der Waals surface area contributed by atoms with Crippen LogP contribution in [0.3, 0.4) is 0 Å². The van der Waals surface area contributed by atoms with Crippen molar-refractivity contribution in [3.8, 4) is 6.07 Å². The first-order valence-electron chi connectivity index (χ1n) is 6.11. The van der Waals surface area contributed by atoms with Crippen molar-refractivity contribution < 1.29 is 23.8 Å². The van der Waals surface area contributed by atoms with E-state index >= 15 is 0 Å². The van der Waals surface area contributed by atoms with Gasteiger partial charge in [0.25, 0.3) is 0 Å². The molecule has 1 unspecified atom stereocenters. The average molecular weight is 293 g/mol. The number of carboxylic acids is 1. The molecule has 2 N–H and O–H groups in total. The van der Waals surface area contributed by atoms with E-state index in [9.17, 15) is 14.0 Å². The quantitative estimate of drug-likeness (QED) is 0.847. The van der Waals surface area contributed by atoms with Gasteiger partial charge in [0.15, 0.2) is 6.10 Å². The third-order valence-electron chi connectivity index (χ3n) is 2.97. The molecule has 110 valence electrons. The molecule has 1 fully saturated rings. The van der Waals surface area contributed by atoms with E-state index in [0.29, 0.717) is 0 Å². The molecule has 1 atom stereocenters. The molecular formula is C13H12FN3O4. The molecule has 2 rings (SSSR count). The van der Waals surface area contributed by atoms with Gasteiger partial charge in [-0.15, -0.1) is 0 Å². The minimum absolute atomic E-state index is 0.0719. The van der Waals surface area contributed by atoms with Crippen LogP contribution >= 0.6 is 0 Å². The van der Waals surface area contributed by atoms with Gasteiger partial charge >= 0.3 is 12.0 Å². The number of carbonyl (C=O) groups excluding carboxylic acids is 1. The summed E-state index contributed by atoms with van der Waals surface area (Å²) in [5, 5.41) is 19.8. The molecule has 1 aliphatic heterocycles. The van der Waals surface area contributed by atoms with Crippen molar-refractivity contribution in [3.05, 3.63) is 29.6 Å². The first kappa shape index (κ1) is 14.7. The number of morpholine rings is 1. The van der Waals surface area contributed by atoms with E-state index in [1.165, 1.54) is 17.0 Å². The third-order valence-corrected chi connectivity index (χ3v) is 2.97. The predicted octanol–water partition coefficient (Wildman–Crippen LogP) is 1.01. The number of nitrogens with zero attached hydrogens (tertiary/aromatic N) is 2. The van der Waals surface area contributed by atoms with Gasteiger partial charge in [-0.05, 0) is 18.2 Å². The zero-order chi connectivity index (χ0) is 15.4. The largest absolute Gasteiger partial charge is 0.479 e. The van der Waals surface area contributed by atoms with Crippen molar-refractivity contribution in [1.29, 1.82) is 5.26 Å². The summed E-state index contributed by atoms with van der Waals surface area (Å²) >= 11 is 0. The minimum Gasteiger partial charge on any atom is -0.479 e.